The van der Waals surface area contributed by atoms with Crippen LogP contribution in [-0.2, 0) is 11.2 Å². The largest absolute Gasteiger partial charge is 0.406 e. The zero-order chi connectivity index (χ0) is 16.5. The van der Waals surface area contributed by atoms with Crippen LogP contribution in [0.4, 0.5) is 13.2 Å². The quantitative estimate of drug-likeness (QED) is 0.870. The summed E-state index contributed by atoms with van der Waals surface area (Å²) in [5.74, 6) is -0.576. The number of halogens is 3. The first-order valence-electron chi connectivity index (χ1n) is 6.97. The van der Waals surface area contributed by atoms with Crippen LogP contribution in [0.2, 0.25) is 0 Å². The van der Waals surface area contributed by atoms with E-state index in [-0.39, 0.29) is 6.42 Å². The molecule has 7 heteroatoms. The van der Waals surface area contributed by atoms with Crippen molar-refractivity contribution < 1.29 is 18.0 Å². The van der Waals surface area contributed by atoms with E-state index in [9.17, 15) is 18.0 Å². The average Bonchev–Trinajstić information content (AvgIpc) is 2.78. The summed E-state index contributed by atoms with van der Waals surface area (Å²) in [6.45, 7) is 3.78. The van der Waals surface area contributed by atoms with Gasteiger partial charge in [0, 0.05) is 18.4 Å². The molecule has 0 aliphatic carbocycles. The van der Waals surface area contributed by atoms with E-state index in [2.05, 4.69) is 4.98 Å². The maximum atomic E-state index is 12.6. The molecule has 0 aliphatic heterocycles. The van der Waals surface area contributed by atoms with Crippen molar-refractivity contribution in [2.24, 2.45) is 0 Å². The van der Waals surface area contributed by atoms with Gasteiger partial charge in [0.05, 0.1) is 12.1 Å². The van der Waals surface area contributed by atoms with Crippen LogP contribution in [0, 0.1) is 6.92 Å². The lowest BCUT2D eigenvalue weighted by Gasteiger charge is -2.27. The molecule has 120 valence electrons. The van der Waals surface area contributed by atoms with Crippen molar-refractivity contribution in [1.29, 1.82) is 0 Å². The number of alkyl halides is 3. The van der Waals surface area contributed by atoms with Crippen molar-refractivity contribution in [1.82, 2.24) is 14.3 Å². The van der Waals surface area contributed by atoms with E-state index in [0.29, 0.717) is 11.3 Å². The molecule has 0 unspecified atom stereocenters. The zero-order valence-corrected chi connectivity index (χ0v) is 12.7. The molecule has 22 heavy (non-hydrogen) atoms. The Kier molecular flexibility index (Phi) is 4.44. The van der Waals surface area contributed by atoms with Crippen LogP contribution >= 0.6 is 0 Å². The Morgan fingerprint density at radius 2 is 2.09 bits per heavy atom. The van der Waals surface area contributed by atoms with Crippen LogP contribution in [0.5, 0.6) is 0 Å². The lowest BCUT2D eigenvalue weighted by atomic mass is 10.2. The normalized spacial score (nSPS) is 12.1. The Hall–Kier alpha value is -2.05. The zero-order valence-electron chi connectivity index (χ0n) is 12.7. The predicted molar refractivity (Wildman–Crippen MR) is 76.5 cm³/mol. The monoisotopic (exact) mass is 313 g/mol. The summed E-state index contributed by atoms with van der Waals surface area (Å²) < 4.78 is 39.5. The highest BCUT2D eigenvalue weighted by Gasteiger charge is 2.34. The molecule has 0 aromatic carbocycles. The smallest absolute Gasteiger partial charge is 0.331 e. The van der Waals surface area contributed by atoms with E-state index in [1.165, 1.54) is 0 Å². The predicted octanol–water partition coefficient (Wildman–Crippen LogP) is 2.98. The third-order valence-electron chi connectivity index (χ3n) is 3.35. The van der Waals surface area contributed by atoms with Gasteiger partial charge < -0.3 is 9.30 Å². The molecule has 2 aromatic rings. The molecule has 1 amide bonds. The Bertz CT molecular complexity index is 676. The summed E-state index contributed by atoms with van der Waals surface area (Å²) in [5, 5.41) is 0. The number of aromatic nitrogens is 2. The van der Waals surface area contributed by atoms with Crippen LogP contribution < -0.4 is 0 Å². The number of carbonyl (C=O) groups is 1. The Morgan fingerprint density at radius 1 is 1.41 bits per heavy atom. The number of hydrogen-bond donors (Lipinski definition) is 0. The summed E-state index contributed by atoms with van der Waals surface area (Å²) in [7, 11) is 0. The van der Waals surface area contributed by atoms with Crippen molar-refractivity contribution in [2.75, 3.05) is 6.54 Å². The molecular formula is C15H18F3N3O. The second-order valence-corrected chi connectivity index (χ2v) is 5.56. The van der Waals surface area contributed by atoms with Gasteiger partial charge in [-0.05, 0) is 32.4 Å². The van der Waals surface area contributed by atoms with Crippen LogP contribution in [0.3, 0.4) is 0 Å². The Balaban J connectivity index is 2.19. The van der Waals surface area contributed by atoms with E-state index in [1.54, 1.807) is 30.6 Å². The number of carbonyl (C=O) groups excluding carboxylic acids is 1. The van der Waals surface area contributed by atoms with Gasteiger partial charge in [-0.1, -0.05) is 6.07 Å². The van der Waals surface area contributed by atoms with Crippen LogP contribution in [0.25, 0.3) is 5.65 Å². The highest BCUT2D eigenvalue weighted by molar-refractivity contribution is 5.79. The van der Waals surface area contributed by atoms with Gasteiger partial charge in [-0.2, -0.15) is 13.2 Å². The van der Waals surface area contributed by atoms with Crippen molar-refractivity contribution >= 4 is 11.6 Å². The number of rotatable bonds is 4. The number of hydrogen-bond acceptors (Lipinski definition) is 2. The third kappa shape index (κ3) is 3.78. The van der Waals surface area contributed by atoms with Gasteiger partial charge in [-0.25, -0.2) is 4.98 Å². The van der Waals surface area contributed by atoms with E-state index in [0.717, 1.165) is 10.5 Å². The molecule has 2 heterocycles. The lowest BCUT2D eigenvalue weighted by molar-refractivity contribution is -0.164. The topological polar surface area (TPSA) is 37.6 Å². The molecule has 2 aromatic heterocycles. The van der Waals surface area contributed by atoms with Gasteiger partial charge in [0.2, 0.25) is 5.91 Å². The van der Waals surface area contributed by atoms with E-state index in [4.69, 9.17) is 0 Å². The van der Waals surface area contributed by atoms with Crippen molar-refractivity contribution in [3.8, 4) is 0 Å². The standard InChI is InChI=1S/C15H18F3N3O/c1-10(2)21(9-15(16,17)18)13(22)7-12-8-20-6-4-5-11(3)14(20)19-12/h4-6,8,10H,7,9H2,1-3H3. The second kappa shape index (κ2) is 5.98. The van der Waals surface area contributed by atoms with E-state index >= 15 is 0 Å². The summed E-state index contributed by atoms with van der Waals surface area (Å²) in [6, 6.07) is 3.21. The first kappa shape index (κ1) is 16.3. The summed E-state index contributed by atoms with van der Waals surface area (Å²) in [5.41, 5.74) is 2.11. The molecule has 2 rings (SSSR count). The van der Waals surface area contributed by atoms with Crippen molar-refractivity contribution in [3.63, 3.8) is 0 Å². The summed E-state index contributed by atoms with van der Waals surface area (Å²) >= 11 is 0. The Morgan fingerprint density at radius 3 is 2.64 bits per heavy atom. The highest BCUT2D eigenvalue weighted by atomic mass is 19.4. The molecular weight excluding hydrogens is 295 g/mol. The highest BCUT2D eigenvalue weighted by Crippen LogP contribution is 2.19. The van der Waals surface area contributed by atoms with Crippen LogP contribution in [0.15, 0.2) is 24.5 Å². The van der Waals surface area contributed by atoms with Crippen LogP contribution in [-0.4, -0.2) is 39.0 Å². The molecule has 0 bridgehead atoms. The van der Waals surface area contributed by atoms with E-state index in [1.807, 2.05) is 19.1 Å². The fraction of sp³-hybridized carbons (Fsp3) is 0.467. The molecule has 0 saturated carbocycles. The summed E-state index contributed by atoms with van der Waals surface area (Å²) in [6.07, 6.45) is -1.09. The van der Waals surface area contributed by atoms with Crippen molar-refractivity contribution in [2.45, 2.75) is 39.4 Å². The summed E-state index contributed by atoms with van der Waals surface area (Å²) in [4.78, 5) is 17.3. The first-order chi connectivity index (χ1) is 10.2. The van der Waals surface area contributed by atoms with Gasteiger partial charge in [0.15, 0.2) is 0 Å². The van der Waals surface area contributed by atoms with Crippen LogP contribution in [0.1, 0.15) is 25.1 Å². The Labute approximate surface area is 126 Å². The van der Waals surface area contributed by atoms with Gasteiger partial charge in [0.1, 0.15) is 12.2 Å². The second-order valence-electron chi connectivity index (χ2n) is 5.56. The number of nitrogens with zero attached hydrogens (tertiary/aromatic N) is 3. The molecule has 0 aliphatic rings. The number of imidazole rings is 1. The average molecular weight is 313 g/mol. The number of amides is 1. The molecule has 0 saturated heterocycles. The van der Waals surface area contributed by atoms with Gasteiger partial charge in [0.25, 0.3) is 0 Å². The fourth-order valence-corrected chi connectivity index (χ4v) is 2.30. The minimum Gasteiger partial charge on any atom is -0.331 e. The van der Waals surface area contributed by atoms with Gasteiger partial charge in [-0.15, -0.1) is 0 Å². The molecule has 0 atom stereocenters. The fourth-order valence-electron chi connectivity index (χ4n) is 2.30. The molecule has 0 fully saturated rings. The third-order valence-corrected chi connectivity index (χ3v) is 3.35. The molecule has 0 spiro atoms. The van der Waals surface area contributed by atoms with Gasteiger partial charge in [-0.3, -0.25) is 4.79 Å². The van der Waals surface area contributed by atoms with E-state index < -0.39 is 24.7 Å². The lowest BCUT2D eigenvalue weighted by Crippen LogP contribution is -2.44. The molecule has 0 radical (unpaired) electrons. The number of pyridine rings is 1. The maximum Gasteiger partial charge on any atom is 0.406 e. The number of aryl methyl sites for hydroxylation is 1. The first-order valence-corrected chi connectivity index (χ1v) is 6.97. The van der Waals surface area contributed by atoms with Crippen molar-refractivity contribution in [3.05, 3.63) is 35.8 Å². The minimum absolute atomic E-state index is 0.143. The molecule has 4 nitrogen and oxygen atoms in total. The number of fused-ring (bicyclic) bond motifs is 1. The maximum absolute atomic E-state index is 12.6. The minimum atomic E-state index is -4.41. The molecule has 0 N–H and O–H groups in total. The van der Waals surface area contributed by atoms with Gasteiger partial charge >= 0.3 is 6.18 Å². The SMILES string of the molecule is Cc1cccn2cc(CC(=O)N(CC(F)(F)F)C(C)C)nc12.